The summed E-state index contributed by atoms with van der Waals surface area (Å²) in [5, 5.41) is 3.25. The Bertz CT molecular complexity index is 318. The molecule has 0 unspecified atom stereocenters. The number of hydrogen-bond donors (Lipinski definition) is 1. The second-order valence-electron chi connectivity index (χ2n) is 3.70. The summed E-state index contributed by atoms with van der Waals surface area (Å²) in [5.74, 6) is 1.69. The average molecular weight is 253 g/mol. The first-order valence-electron chi connectivity index (χ1n) is 6.51. The minimum atomic E-state index is 0.641. The van der Waals surface area contributed by atoms with Gasteiger partial charge in [-0.25, -0.2) is 0 Å². The van der Waals surface area contributed by atoms with Crippen LogP contribution in [-0.4, -0.2) is 39.5 Å². The minimum Gasteiger partial charge on any atom is -0.494 e. The second-order valence-corrected chi connectivity index (χ2v) is 3.70. The molecule has 1 rings (SSSR count). The van der Waals surface area contributed by atoms with Crippen LogP contribution in [0.3, 0.4) is 0 Å². The lowest BCUT2D eigenvalue weighted by molar-refractivity contribution is 0.148. The monoisotopic (exact) mass is 253 g/mol. The smallest absolute Gasteiger partial charge is 0.123 e. The standard InChI is InChI=1S/C14H23NO3/c1-3-16-10-8-15-9-11-18-14-7-5-6-13(12-14)17-4-2/h5-7,12,15H,3-4,8-11H2,1-2H3. The summed E-state index contributed by atoms with van der Waals surface area (Å²) in [6.07, 6.45) is 0. The number of benzene rings is 1. The zero-order valence-corrected chi connectivity index (χ0v) is 11.3. The largest absolute Gasteiger partial charge is 0.494 e. The van der Waals surface area contributed by atoms with Crippen LogP contribution in [0.15, 0.2) is 24.3 Å². The molecule has 4 heteroatoms. The van der Waals surface area contributed by atoms with Crippen molar-refractivity contribution in [1.82, 2.24) is 5.32 Å². The molecule has 0 aliphatic rings. The van der Waals surface area contributed by atoms with Gasteiger partial charge in [-0.2, -0.15) is 0 Å². The number of hydrogen-bond acceptors (Lipinski definition) is 4. The lowest BCUT2D eigenvalue weighted by atomic mass is 10.3. The topological polar surface area (TPSA) is 39.7 Å². The number of ether oxygens (including phenoxy) is 3. The van der Waals surface area contributed by atoms with Crippen LogP contribution in [0.4, 0.5) is 0 Å². The van der Waals surface area contributed by atoms with Crippen molar-refractivity contribution >= 4 is 0 Å². The summed E-state index contributed by atoms with van der Waals surface area (Å²) in [6, 6.07) is 7.70. The molecule has 0 aliphatic carbocycles. The van der Waals surface area contributed by atoms with Crippen molar-refractivity contribution in [1.29, 1.82) is 0 Å². The first kappa shape index (κ1) is 14.8. The van der Waals surface area contributed by atoms with E-state index in [0.29, 0.717) is 13.2 Å². The van der Waals surface area contributed by atoms with E-state index in [1.54, 1.807) is 0 Å². The van der Waals surface area contributed by atoms with Crippen LogP contribution in [0.1, 0.15) is 13.8 Å². The first-order valence-corrected chi connectivity index (χ1v) is 6.51. The van der Waals surface area contributed by atoms with Crippen LogP contribution in [0.25, 0.3) is 0 Å². The van der Waals surface area contributed by atoms with Gasteiger partial charge in [0.25, 0.3) is 0 Å². The summed E-state index contributed by atoms with van der Waals surface area (Å²) < 4.78 is 16.2. The molecule has 0 saturated carbocycles. The fourth-order valence-corrected chi connectivity index (χ4v) is 1.48. The Hall–Kier alpha value is -1.26. The van der Waals surface area contributed by atoms with Crippen molar-refractivity contribution in [2.45, 2.75) is 13.8 Å². The summed E-state index contributed by atoms with van der Waals surface area (Å²) in [6.45, 7) is 8.45. The molecule has 0 amide bonds. The molecule has 0 heterocycles. The fraction of sp³-hybridized carbons (Fsp3) is 0.571. The molecule has 1 aromatic rings. The van der Waals surface area contributed by atoms with Crippen LogP contribution >= 0.6 is 0 Å². The summed E-state index contributed by atoms with van der Waals surface area (Å²) >= 11 is 0. The van der Waals surface area contributed by atoms with Crippen molar-refractivity contribution in [3.8, 4) is 11.5 Å². The third kappa shape index (κ3) is 6.47. The molecule has 0 radical (unpaired) electrons. The van der Waals surface area contributed by atoms with Crippen LogP contribution in [0, 0.1) is 0 Å². The van der Waals surface area contributed by atoms with Crippen molar-refractivity contribution in [3.05, 3.63) is 24.3 Å². The predicted molar refractivity (Wildman–Crippen MR) is 72.5 cm³/mol. The molecule has 18 heavy (non-hydrogen) atoms. The lowest BCUT2D eigenvalue weighted by Gasteiger charge is -2.09. The van der Waals surface area contributed by atoms with Gasteiger partial charge in [-0.1, -0.05) is 6.07 Å². The maximum atomic E-state index is 5.62. The van der Waals surface area contributed by atoms with E-state index in [1.165, 1.54) is 0 Å². The van der Waals surface area contributed by atoms with E-state index in [9.17, 15) is 0 Å². The van der Waals surface area contributed by atoms with Crippen LogP contribution in [-0.2, 0) is 4.74 Å². The molecular weight excluding hydrogens is 230 g/mol. The van der Waals surface area contributed by atoms with Crippen molar-refractivity contribution in [2.24, 2.45) is 0 Å². The third-order valence-electron chi connectivity index (χ3n) is 2.29. The maximum Gasteiger partial charge on any atom is 0.123 e. The average Bonchev–Trinajstić information content (AvgIpc) is 2.39. The Morgan fingerprint density at radius 1 is 0.944 bits per heavy atom. The molecule has 0 bridgehead atoms. The first-order chi connectivity index (χ1) is 8.86. The second kappa shape index (κ2) is 9.74. The fourth-order valence-electron chi connectivity index (χ4n) is 1.48. The van der Waals surface area contributed by atoms with E-state index in [0.717, 1.165) is 37.8 Å². The Morgan fingerprint density at radius 3 is 2.39 bits per heavy atom. The molecule has 0 fully saturated rings. The highest BCUT2D eigenvalue weighted by Crippen LogP contribution is 2.18. The number of nitrogens with one attached hydrogen (secondary N) is 1. The van der Waals surface area contributed by atoms with E-state index in [4.69, 9.17) is 14.2 Å². The quantitative estimate of drug-likeness (QED) is 0.648. The van der Waals surface area contributed by atoms with Gasteiger partial charge in [0.1, 0.15) is 18.1 Å². The Morgan fingerprint density at radius 2 is 1.67 bits per heavy atom. The zero-order chi connectivity index (χ0) is 13.1. The molecule has 0 atom stereocenters. The summed E-state index contributed by atoms with van der Waals surface area (Å²) in [7, 11) is 0. The van der Waals surface area contributed by atoms with Crippen molar-refractivity contribution < 1.29 is 14.2 Å². The Labute approximate surface area is 109 Å². The van der Waals surface area contributed by atoms with Gasteiger partial charge in [0.05, 0.1) is 13.2 Å². The van der Waals surface area contributed by atoms with Gasteiger partial charge in [-0.05, 0) is 26.0 Å². The molecule has 0 saturated heterocycles. The van der Waals surface area contributed by atoms with Gasteiger partial charge < -0.3 is 19.5 Å². The van der Waals surface area contributed by atoms with Gasteiger partial charge >= 0.3 is 0 Å². The van der Waals surface area contributed by atoms with Gasteiger partial charge in [-0.3, -0.25) is 0 Å². The number of rotatable bonds is 10. The molecule has 0 aliphatic heterocycles. The molecule has 1 N–H and O–H groups in total. The van der Waals surface area contributed by atoms with Crippen LogP contribution < -0.4 is 14.8 Å². The van der Waals surface area contributed by atoms with Crippen molar-refractivity contribution in [2.75, 3.05) is 39.5 Å². The van der Waals surface area contributed by atoms with E-state index < -0.39 is 0 Å². The van der Waals surface area contributed by atoms with Gasteiger partial charge in [0, 0.05) is 25.8 Å². The highest BCUT2D eigenvalue weighted by Gasteiger charge is 1.97. The summed E-state index contributed by atoms with van der Waals surface area (Å²) in [4.78, 5) is 0. The molecule has 1 aromatic carbocycles. The third-order valence-corrected chi connectivity index (χ3v) is 2.29. The minimum absolute atomic E-state index is 0.641. The molecular formula is C14H23NO3. The zero-order valence-electron chi connectivity index (χ0n) is 11.3. The maximum absolute atomic E-state index is 5.62. The SMILES string of the molecule is CCOCCNCCOc1cccc(OCC)c1. The van der Waals surface area contributed by atoms with E-state index in [2.05, 4.69) is 5.32 Å². The predicted octanol–water partition coefficient (Wildman–Crippen LogP) is 2.09. The van der Waals surface area contributed by atoms with Gasteiger partial charge in [0.2, 0.25) is 0 Å². The Balaban J connectivity index is 2.13. The molecule has 4 nitrogen and oxygen atoms in total. The van der Waals surface area contributed by atoms with Crippen LogP contribution in [0.2, 0.25) is 0 Å². The van der Waals surface area contributed by atoms with Crippen LogP contribution in [0.5, 0.6) is 11.5 Å². The normalized spacial score (nSPS) is 10.3. The molecule has 0 aromatic heterocycles. The lowest BCUT2D eigenvalue weighted by Crippen LogP contribution is -2.25. The van der Waals surface area contributed by atoms with Gasteiger partial charge in [0.15, 0.2) is 0 Å². The molecule has 102 valence electrons. The highest BCUT2D eigenvalue weighted by molar-refractivity contribution is 5.32. The van der Waals surface area contributed by atoms with Gasteiger partial charge in [-0.15, -0.1) is 0 Å². The van der Waals surface area contributed by atoms with E-state index in [1.807, 2.05) is 38.1 Å². The summed E-state index contributed by atoms with van der Waals surface area (Å²) in [5.41, 5.74) is 0. The van der Waals surface area contributed by atoms with E-state index in [-0.39, 0.29) is 0 Å². The van der Waals surface area contributed by atoms with E-state index >= 15 is 0 Å². The Kier molecular flexibility index (Phi) is 8.01. The highest BCUT2D eigenvalue weighted by atomic mass is 16.5. The molecule has 0 spiro atoms. The van der Waals surface area contributed by atoms with Crippen molar-refractivity contribution in [3.63, 3.8) is 0 Å².